The summed E-state index contributed by atoms with van der Waals surface area (Å²) in [5.74, 6) is 0. The first kappa shape index (κ1) is 42.6. The predicted octanol–water partition coefficient (Wildman–Crippen LogP) is 10.6. The molecule has 0 amide bonds. The van der Waals surface area contributed by atoms with E-state index in [0.717, 1.165) is 49.8 Å². The molecule has 71 heavy (non-hydrogen) atoms. The normalized spacial score (nSPS) is 12.6. The summed E-state index contributed by atoms with van der Waals surface area (Å²) >= 11 is 0. The van der Waals surface area contributed by atoms with Gasteiger partial charge in [-0.1, -0.05) is 228 Å². The fourth-order valence-corrected chi connectivity index (χ4v) is 12.2. The molecule has 12 aromatic rings. The summed E-state index contributed by atoms with van der Waals surface area (Å²) in [6.45, 7) is 0. The van der Waals surface area contributed by atoms with Crippen LogP contribution >= 0.6 is 0 Å². The predicted molar refractivity (Wildman–Crippen MR) is 312 cm³/mol. The summed E-state index contributed by atoms with van der Waals surface area (Å²) in [6, 6.07) is 86.8. The molecule has 13 rings (SSSR count). The van der Waals surface area contributed by atoms with E-state index in [4.69, 9.17) is 4.42 Å². The van der Waals surface area contributed by atoms with Crippen LogP contribution in [0.3, 0.4) is 0 Å². The van der Waals surface area contributed by atoms with E-state index >= 15 is 0 Å². The quantitative estimate of drug-likeness (QED) is 0.141. The molecule has 0 atom stereocenters. The molecule has 0 radical (unpaired) electrons. The van der Waals surface area contributed by atoms with E-state index in [1.807, 2.05) is 0 Å². The fourth-order valence-electron chi connectivity index (χ4n) is 12.2. The molecule has 330 valence electrons. The molecule has 0 unspecified atom stereocenters. The van der Waals surface area contributed by atoms with Gasteiger partial charge < -0.3 is 9.32 Å². The lowest BCUT2D eigenvalue weighted by molar-refractivity contribution is 0.673. The number of fused-ring (bicyclic) bond motifs is 8. The SMILES string of the molecule is Bc1c(B)c(N(c2ccc3c(c2)C(c2ccccc2)(c2ccccc2)c2ccccc2-3)c2ccccc2-c2cccc3oc4c5ccccc5ccc4c23)c(B)c(B)c1-c1ccc(-c2ccccc2)cc1. The number of hydrogen-bond acceptors (Lipinski definition) is 2. The maximum Gasteiger partial charge on any atom is 0.143 e. The summed E-state index contributed by atoms with van der Waals surface area (Å²) in [6.07, 6.45) is 0. The van der Waals surface area contributed by atoms with Crippen molar-refractivity contribution in [3.8, 4) is 44.5 Å². The molecule has 0 N–H and O–H groups in total. The van der Waals surface area contributed by atoms with Crippen molar-refractivity contribution >= 4 is 103 Å². The molecule has 1 aliphatic rings. The number of benzene rings is 11. The average Bonchev–Trinajstić information content (AvgIpc) is 3.97. The minimum atomic E-state index is -0.564. The van der Waals surface area contributed by atoms with Gasteiger partial charge in [-0.2, -0.15) is 0 Å². The van der Waals surface area contributed by atoms with Gasteiger partial charge in [-0.05, 0) is 96.9 Å². The van der Waals surface area contributed by atoms with Gasteiger partial charge in [0.2, 0.25) is 0 Å². The molecule has 0 aliphatic heterocycles. The highest BCUT2D eigenvalue weighted by Gasteiger charge is 2.46. The second kappa shape index (κ2) is 16.9. The van der Waals surface area contributed by atoms with Crippen LogP contribution in [0.2, 0.25) is 0 Å². The van der Waals surface area contributed by atoms with Crippen LogP contribution in [0, 0.1) is 0 Å². The highest BCUT2D eigenvalue weighted by Crippen LogP contribution is 2.57. The summed E-state index contributed by atoms with van der Waals surface area (Å²) < 4.78 is 6.83. The van der Waals surface area contributed by atoms with E-state index in [9.17, 15) is 0 Å². The highest BCUT2D eigenvalue weighted by atomic mass is 16.3. The first-order valence-corrected chi connectivity index (χ1v) is 24.8. The van der Waals surface area contributed by atoms with Gasteiger partial charge in [0.25, 0.3) is 0 Å². The Morgan fingerprint density at radius 2 is 0.944 bits per heavy atom. The lowest BCUT2D eigenvalue weighted by Crippen LogP contribution is -2.46. The zero-order valence-electron chi connectivity index (χ0n) is 40.4. The van der Waals surface area contributed by atoms with Crippen molar-refractivity contribution in [2.75, 3.05) is 4.90 Å². The van der Waals surface area contributed by atoms with E-state index in [1.165, 1.54) is 88.6 Å². The van der Waals surface area contributed by atoms with E-state index in [2.05, 4.69) is 273 Å². The number of para-hydroxylation sites is 1. The van der Waals surface area contributed by atoms with E-state index in [0.29, 0.717) is 0 Å². The largest absolute Gasteiger partial charge is 0.455 e. The molecule has 0 fully saturated rings. The number of hydrogen-bond donors (Lipinski definition) is 0. The van der Waals surface area contributed by atoms with Crippen LogP contribution in [0.15, 0.2) is 241 Å². The second-order valence-electron chi connectivity index (χ2n) is 19.2. The van der Waals surface area contributed by atoms with Crippen LogP contribution in [-0.2, 0) is 5.41 Å². The van der Waals surface area contributed by atoms with Crippen LogP contribution in [0.5, 0.6) is 0 Å². The Bertz CT molecular complexity index is 3970. The minimum absolute atomic E-state index is 0.564. The number of furan rings is 1. The number of nitrogens with zero attached hydrogens (tertiary/aromatic N) is 1. The van der Waals surface area contributed by atoms with Crippen molar-refractivity contribution in [1.29, 1.82) is 0 Å². The van der Waals surface area contributed by atoms with Crippen molar-refractivity contribution in [3.05, 3.63) is 259 Å². The standard InChI is InChI=1S/C65H47B4NO/c66-59-57(43-33-31-41(32-34-43)40-17-4-1-5-18-40)60(67)62(69)63(61(59)68)70(55-29-15-13-26-50(55)51-27-16-30-56-58(51)52-37-35-42-19-10-11-24-47(42)64(52)71-56)46-36-38-49-48-25-12-14-28-53(48)65(54(49)39-46,44-20-6-2-7-21-44)45-22-8-3-9-23-45/h1-39H,66-69H2. The molecule has 0 bridgehead atoms. The lowest BCUT2D eigenvalue weighted by Gasteiger charge is -2.36. The summed E-state index contributed by atoms with van der Waals surface area (Å²) in [4.78, 5) is 2.57. The van der Waals surface area contributed by atoms with Crippen LogP contribution in [0.4, 0.5) is 17.1 Å². The Morgan fingerprint density at radius 1 is 0.380 bits per heavy atom. The molecule has 0 saturated carbocycles. The van der Waals surface area contributed by atoms with Gasteiger partial charge in [0.1, 0.15) is 42.6 Å². The third kappa shape index (κ3) is 6.55. The Labute approximate surface area is 418 Å². The van der Waals surface area contributed by atoms with Crippen LogP contribution in [0.1, 0.15) is 22.3 Å². The van der Waals surface area contributed by atoms with Crippen LogP contribution in [0.25, 0.3) is 77.2 Å². The average molecular weight is 901 g/mol. The summed E-state index contributed by atoms with van der Waals surface area (Å²) in [7, 11) is 9.28. The van der Waals surface area contributed by atoms with Crippen molar-refractivity contribution in [2.24, 2.45) is 0 Å². The molecular weight excluding hydrogens is 854 g/mol. The molecule has 1 aliphatic carbocycles. The second-order valence-corrected chi connectivity index (χ2v) is 19.2. The molecule has 11 aromatic carbocycles. The van der Waals surface area contributed by atoms with Crippen LogP contribution in [-0.4, -0.2) is 31.4 Å². The third-order valence-electron chi connectivity index (χ3n) is 15.6. The van der Waals surface area contributed by atoms with Gasteiger partial charge >= 0.3 is 0 Å². The lowest BCUT2D eigenvalue weighted by atomic mass is 9.64. The number of anilines is 3. The highest BCUT2D eigenvalue weighted by molar-refractivity contribution is 6.63. The van der Waals surface area contributed by atoms with E-state index in [1.54, 1.807) is 0 Å². The first-order valence-electron chi connectivity index (χ1n) is 24.8. The van der Waals surface area contributed by atoms with Gasteiger partial charge in [0.05, 0.1) is 11.1 Å². The van der Waals surface area contributed by atoms with Gasteiger partial charge in [-0.25, -0.2) is 0 Å². The minimum Gasteiger partial charge on any atom is -0.455 e. The van der Waals surface area contributed by atoms with Crippen molar-refractivity contribution in [3.63, 3.8) is 0 Å². The smallest absolute Gasteiger partial charge is 0.143 e. The van der Waals surface area contributed by atoms with Gasteiger partial charge in [-0.3, -0.25) is 0 Å². The Hall–Kier alpha value is -8.46. The van der Waals surface area contributed by atoms with Gasteiger partial charge in [0, 0.05) is 33.1 Å². The molecule has 6 heteroatoms. The third-order valence-corrected chi connectivity index (χ3v) is 15.6. The Balaban J connectivity index is 1.09. The maximum absolute atomic E-state index is 6.83. The summed E-state index contributed by atoms with van der Waals surface area (Å²) in [5, 5.41) is 4.52. The molecule has 1 heterocycles. The topological polar surface area (TPSA) is 16.4 Å². The zero-order chi connectivity index (χ0) is 47.8. The van der Waals surface area contributed by atoms with Crippen molar-refractivity contribution in [1.82, 2.24) is 0 Å². The van der Waals surface area contributed by atoms with E-state index < -0.39 is 5.41 Å². The first-order chi connectivity index (χ1) is 34.9. The molecule has 1 aromatic heterocycles. The molecule has 0 spiro atoms. The summed E-state index contributed by atoms with van der Waals surface area (Å²) in [5.41, 5.74) is 24.4. The Morgan fingerprint density at radius 3 is 1.66 bits per heavy atom. The Kier molecular flexibility index (Phi) is 10.1. The van der Waals surface area contributed by atoms with Crippen LogP contribution < -0.4 is 26.8 Å². The number of rotatable bonds is 8. The molecular formula is C65H47B4NO. The van der Waals surface area contributed by atoms with Gasteiger partial charge in [0.15, 0.2) is 0 Å². The van der Waals surface area contributed by atoms with Crippen molar-refractivity contribution < 1.29 is 4.42 Å². The zero-order valence-corrected chi connectivity index (χ0v) is 40.4. The molecule has 2 nitrogen and oxygen atoms in total. The monoisotopic (exact) mass is 901 g/mol. The fraction of sp³-hybridized carbons (Fsp3) is 0.0154. The maximum atomic E-state index is 6.83. The molecule has 0 saturated heterocycles. The van der Waals surface area contributed by atoms with Gasteiger partial charge in [-0.15, -0.1) is 0 Å². The van der Waals surface area contributed by atoms with Crippen molar-refractivity contribution in [2.45, 2.75) is 5.41 Å². The van der Waals surface area contributed by atoms with E-state index in [-0.39, 0.29) is 0 Å².